The summed E-state index contributed by atoms with van der Waals surface area (Å²) in [6, 6.07) is 0. The van der Waals surface area contributed by atoms with Gasteiger partial charge in [0.05, 0.1) is 0 Å². The maximum Gasteiger partial charge on any atom is 0.0189 e. The molecule has 0 heterocycles. The quantitative estimate of drug-likeness (QED) is 0.0327. The summed E-state index contributed by atoms with van der Waals surface area (Å²) >= 11 is 0. The van der Waals surface area contributed by atoms with Crippen LogP contribution in [0.3, 0.4) is 0 Å². The molecule has 16 rings (SSSR count). The summed E-state index contributed by atoms with van der Waals surface area (Å²) in [6.45, 7) is 61.4. The molecule has 0 aliphatic heterocycles. The molecule has 0 aromatic rings. The highest BCUT2D eigenvalue weighted by molar-refractivity contribution is 8.77. The van der Waals surface area contributed by atoms with E-state index in [0.717, 1.165) is 175 Å². The van der Waals surface area contributed by atoms with Gasteiger partial charge in [-0.3, -0.25) is 0 Å². The molecular formula is C134H240N4S8. The number of rotatable bonds is 48. The van der Waals surface area contributed by atoms with E-state index in [0.29, 0.717) is 43.3 Å². The Kier molecular flexibility index (Phi) is 48.6. The second-order valence-corrected chi connectivity index (χ2v) is 70.1. The molecule has 8 unspecified atom stereocenters. The lowest BCUT2D eigenvalue weighted by molar-refractivity contribution is -0.0500. The fourth-order valence-corrected chi connectivity index (χ4v) is 49.8. The molecule has 0 bridgehead atoms. The standard InChI is InChI=1S/C35H63NS2.C34H61NS2.C33H59NS2.C32H57NS2/c1-9-27(25(2)3)13-12-26(4)31-16-17-32-30-15-14-28-24-29(38-37-23-11-10-22-36(7)8)18-20-34(28,5)33(30)19-21-35(31,32)6;1-9-26(24(2)3)12-11-25(4)30-15-16-31-29-14-13-27-23-28(37-36-22-10-21-35(7)8)17-19-33(27,5)32(29)18-20-34(30,31)6;1-24(2)11-10-12-25(3)29-15-16-30-28-14-13-26-23-27(36-35-22-9-8-21-34(6)7)17-19-32(26,4)31(28)18-20-33(29,30)5;1-23(2)10-8-11-24(3)28-14-15-29-27-13-12-25-22-26(35-34-21-9-20-33(6)7)16-18-31(25,4)30(27)17-19-32(28,29)5/h14,25-27,29-33H,9-13,15-24H2,1-8H3;13,24-26,28-32H,9-12,14-23H2,1-8H3;13,24-25,27-31H,8-12,14-23H2,1-7H3;12,23-24,26-30H,8-11,13-22H2,1-7H3/t26-,27-,29?,30+,31-,32?,33+,34+,35-;25-,26-,28?,29+,30-,31?,32+,33+,34-;25-,27?,28+,29-,30?,31+,32+,33-;24-,26?,27+,28-,29?,30+,31+,32-/m1111/s1. The van der Waals surface area contributed by atoms with E-state index in [-0.39, 0.29) is 0 Å². The van der Waals surface area contributed by atoms with Crippen LogP contribution in [-0.4, -0.2) is 146 Å². The first-order valence-electron chi connectivity index (χ1n) is 64.0. The number of hydrogen-bond donors (Lipinski definition) is 0. The van der Waals surface area contributed by atoms with Crippen molar-refractivity contribution >= 4 is 86.4 Å². The second kappa shape index (κ2) is 57.0. The Bertz CT molecular complexity index is 3980. The van der Waals surface area contributed by atoms with Gasteiger partial charge in [-0.05, 0) is 537 Å². The molecule has 0 aromatic carbocycles. The largest absolute Gasteiger partial charge is 0.309 e. The van der Waals surface area contributed by atoms with Gasteiger partial charge in [0.15, 0.2) is 0 Å². The summed E-state index contributed by atoms with van der Waals surface area (Å²) in [7, 11) is 35.1. The lowest BCUT2D eigenvalue weighted by Gasteiger charge is -2.58. The van der Waals surface area contributed by atoms with Crippen LogP contribution in [0.1, 0.15) is 473 Å². The third-order valence-corrected chi connectivity index (χ3v) is 59.7. The summed E-state index contributed by atoms with van der Waals surface area (Å²) in [5, 5.41) is 3.42. The first-order valence-corrected chi connectivity index (χ1v) is 73.5. The molecular weight excluding hydrogens is 1920 g/mol. The Hall–Kier alpha value is 1.60. The zero-order valence-electron chi connectivity index (χ0n) is 102. The van der Waals surface area contributed by atoms with Crippen LogP contribution >= 0.6 is 86.4 Å². The molecule has 34 atom stereocenters. The van der Waals surface area contributed by atoms with Crippen molar-refractivity contribution in [3.05, 3.63) is 46.6 Å². The van der Waals surface area contributed by atoms with Crippen LogP contribution in [0.4, 0.5) is 0 Å². The van der Waals surface area contributed by atoms with Crippen LogP contribution in [0, 0.1) is 197 Å². The van der Waals surface area contributed by atoms with Gasteiger partial charge >= 0.3 is 0 Å². The SMILES string of the molecule is CC(C)CCC[C@@H](C)[C@H]1CCC2[C@@H]3CC=C4CC(SSCCCCN(C)C)CC[C@]4(C)[C@H]3CC[C@@]21C.CC(C)CCC[C@@H](C)[C@H]1CCC2[C@@H]3CC=C4CC(SSCCCN(C)C)CC[C@]4(C)[C@H]3CC[C@@]21C.CC[C@H](CC[C@@H](C)[C@H]1CCC2[C@@H]3CC=C4CC(SSCCCCN(C)C)CC[C@]4(C)[C@H]3CC[C@@]21C)C(C)C.CC[C@H](CC[C@@H](C)[C@H]1CCC2[C@@H]3CC=C4CC(SSCCCN(C)C)CC[C@]4(C)[C@H]3CC[C@@]21C)C(C)C. The number of hydrogen-bond acceptors (Lipinski definition) is 12. The van der Waals surface area contributed by atoms with Crippen LogP contribution in [0.2, 0.25) is 0 Å². The minimum Gasteiger partial charge on any atom is -0.309 e. The zero-order chi connectivity index (χ0) is 105. The molecule has 12 heteroatoms. The Morgan fingerprint density at radius 3 is 0.733 bits per heavy atom. The van der Waals surface area contributed by atoms with Gasteiger partial charge in [-0.2, -0.15) is 0 Å². The average Bonchev–Trinajstić information content (AvgIpc) is 1.51. The summed E-state index contributed by atoms with van der Waals surface area (Å²) in [6.07, 6.45) is 83.4. The maximum absolute atomic E-state index is 2.80. The molecule has 16 aliphatic carbocycles. The first-order chi connectivity index (χ1) is 69.5. The Morgan fingerprint density at radius 2 is 0.500 bits per heavy atom. The van der Waals surface area contributed by atoms with Gasteiger partial charge in [0, 0.05) is 44.0 Å². The number of unbranched alkanes of at least 4 members (excludes halogenated alkanes) is 2. The number of nitrogens with zero attached hydrogens (tertiary/aromatic N) is 4. The van der Waals surface area contributed by atoms with E-state index in [1.165, 1.54) is 370 Å². The van der Waals surface area contributed by atoms with E-state index < -0.39 is 0 Å². The first kappa shape index (κ1) is 125. The molecule has 0 N–H and O–H groups in total. The van der Waals surface area contributed by atoms with Gasteiger partial charge in [0.1, 0.15) is 0 Å². The summed E-state index contributed by atoms with van der Waals surface area (Å²) < 4.78 is 0. The Labute approximate surface area is 941 Å². The van der Waals surface area contributed by atoms with Gasteiger partial charge in [-0.25, -0.2) is 0 Å². The van der Waals surface area contributed by atoms with Crippen LogP contribution < -0.4 is 0 Å². The van der Waals surface area contributed by atoms with E-state index in [1.54, 1.807) is 0 Å². The third-order valence-electron chi connectivity index (χ3n) is 47.7. The van der Waals surface area contributed by atoms with Crippen molar-refractivity contribution in [3.8, 4) is 0 Å². The van der Waals surface area contributed by atoms with Crippen molar-refractivity contribution in [2.45, 2.75) is 494 Å². The molecule has 12 fully saturated rings. The minimum atomic E-state index is 0.506. The fraction of sp³-hybridized carbons (Fsp3) is 0.940. The normalized spacial score (nSPS) is 39.1. The lowest BCUT2D eigenvalue weighted by atomic mass is 9.47. The molecule has 16 aliphatic rings. The van der Waals surface area contributed by atoms with Crippen molar-refractivity contribution < 1.29 is 0 Å². The minimum absolute atomic E-state index is 0.506. The van der Waals surface area contributed by atoms with Crippen molar-refractivity contribution in [1.29, 1.82) is 0 Å². The van der Waals surface area contributed by atoms with Crippen LogP contribution in [0.5, 0.6) is 0 Å². The summed E-state index contributed by atoms with van der Waals surface area (Å²) in [4.78, 5) is 9.27. The fourth-order valence-electron chi connectivity index (χ4n) is 38.8. The van der Waals surface area contributed by atoms with Crippen LogP contribution in [0.25, 0.3) is 0 Å². The second-order valence-electron chi connectivity index (χ2n) is 59.0. The number of fused-ring (bicyclic) bond motifs is 20. The van der Waals surface area contributed by atoms with E-state index >= 15 is 0 Å². The van der Waals surface area contributed by atoms with Crippen LogP contribution in [0.15, 0.2) is 46.6 Å². The molecule has 12 saturated carbocycles. The van der Waals surface area contributed by atoms with Gasteiger partial charge in [-0.15, -0.1) is 0 Å². The van der Waals surface area contributed by atoms with Gasteiger partial charge in [0.25, 0.3) is 0 Å². The molecule has 146 heavy (non-hydrogen) atoms. The smallest absolute Gasteiger partial charge is 0.0189 e. The van der Waals surface area contributed by atoms with E-state index in [4.69, 9.17) is 0 Å². The topological polar surface area (TPSA) is 13.0 Å². The predicted octanol–water partition coefficient (Wildman–Crippen LogP) is 41.0. The lowest BCUT2D eigenvalue weighted by Crippen LogP contribution is -2.50. The van der Waals surface area contributed by atoms with Crippen molar-refractivity contribution in [2.75, 3.05) is 106 Å². The molecule has 844 valence electrons. The van der Waals surface area contributed by atoms with Crippen LogP contribution in [-0.2, 0) is 0 Å². The monoisotopic (exact) mass is 2160 g/mol. The molecule has 0 spiro atoms. The van der Waals surface area contributed by atoms with Gasteiger partial charge < -0.3 is 19.6 Å². The molecule has 0 amide bonds. The van der Waals surface area contributed by atoms with Crippen molar-refractivity contribution in [3.63, 3.8) is 0 Å². The summed E-state index contributed by atoms with van der Waals surface area (Å²) in [5.41, 5.74) is 12.0. The van der Waals surface area contributed by atoms with E-state index in [9.17, 15) is 0 Å². The highest BCUT2D eigenvalue weighted by Crippen LogP contribution is 2.74. The Morgan fingerprint density at radius 1 is 0.260 bits per heavy atom. The van der Waals surface area contributed by atoms with E-state index in [1.807, 2.05) is 22.3 Å². The van der Waals surface area contributed by atoms with Crippen molar-refractivity contribution in [1.82, 2.24) is 19.6 Å². The van der Waals surface area contributed by atoms with Gasteiger partial charge in [0.2, 0.25) is 0 Å². The summed E-state index contributed by atoms with van der Waals surface area (Å²) in [5.74, 6) is 29.8. The predicted molar refractivity (Wildman–Crippen MR) is 668 cm³/mol. The molecule has 0 aromatic heterocycles. The number of allylic oxidation sites excluding steroid dienone is 8. The van der Waals surface area contributed by atoms with Gasteiger partial charge in [-0.1, -0.05) is 349 Å². The highest BCUT2D eigenvalue weighted by atomic mass is 33.1. The highest BCUT2D eigenvalue weighted by Gasteiger charge is 2.65. The van der Waals surface area contributed by atoms with E-state index in [2.05, 4.69) is 339 Å². The van der Waals surface area contributed by atoms with Crippen molar-refractivity contribution in [2.24, 2.45) is 197 Å². The maximum atomic E-state index is 2.80. The zero-order valence-corrected chi connectivity index (χ0v) is 108. The molecule has 0 saturated heterocycles. The third kappa shape index (κ3) is 30.2. The average molecular weight is 2160 g/mol. The Balaban J connectivity index is 0.000000163. The molecule has 0 radical (unpaired) electrons. The molecule has 4 nitrogen and oxygen atoms in total.